The van der Waals surface area contributed by atoms with E-state index < -0.39 is 5.25 Å². The van der Waals surface area contributed by atoms with E-state index in [1.165, 1.54) is 24.8 Å². The fraction of sp³-hybridized carbons (Fsp3) is 0.333. The highest BCUT2D eigenvalue weighted by molar-refractivity contribution is 8.00. The first-order chi connectivity index (χ1) is 11.9. The lowest BCUT2D eigenvalue weighted by Crippen LogP contribution is -2.25. The van der Waals surface area contributed by atoms with Crippen molar-refractivity contribution in [1.29, 1.82) is 0 Å². The van der Waals surface area contributed by atoms with Crippen LogP contribution in [0.25, 0.3) is 0 Å². The largest absolute Gasteiger partial charge is 0.325 e. The van der Waals surface area contributed by atoms with E-state index in [1.54, 1.807) is 24.3 Å². The van der Waals surface area contributed by atoms with Gasteiger partial charge in [0.15, 0.2) is 10.9 Å². The molecule has 0 aliphatic heterocycles. The number of aromatic amines is 1. The van der Waals surface area contributed by atoms with E-state index in [2.05, 4.69) is 15.3 Å². The predicted octanol–water partition coefficient (Wildman–Crippen LogP) is 3.04. The number of hydrogen-bond donors (Lipinski definition) is 2. The van der Waals surface area contributed by atoms with E-state index in [0.717, 1.165) is 0 Å². The van der Waals surface area contributed by atoms with Gasteiger partial charge in [-0.1, -0.05) is 37.7 Å². The molecule has 2 N–H and O–H groups in total. The van der Waals surface area contributed by atoms with Crippen LogP contribution in [0.4, 0.5) is 5.69 Å². The Bertz CT molecular complexity index is 832. The van der Waals surface area contributed by atoms with E-state index in [9.17, 15) is 14.4 Å². The molecule has 1 atom stereocenters. The number of thioether (sulfide) groups is 1. The summed E-state index contributed by atoms with van der Waals surface area (Å²) in [6, 6.07) is 8.27. The van der Waals surface area contributed by atoms with Gasteiger partial charge in [-0.3, -0.25) is 14.4 Å². The Morgan fingerprint density at radius 2 is 2.04 bits per heavy atom. The monoisotopic (exact) mass is 359 g/mol. The highest BCUT2D eigenvalue weighted by Gasteiger charge is 2.20. The summed E-state index contributed by atoms with van der Waals surface area (Å²) < 4.78 is 0. The zero-order valence-electron chi connectivity index (χ0n) is 14.5. The number of Topliss-reactive ketones (excluding diaryl/α,β-unsaturated/α-hetero) is 1. The molecule has 1 aromatic carbocycles. The van der Waals surface area contributed by atoms with E-state index in [4.69, 9.17) is 0 Å². The molecule has 7 heteroatoms. The van der Waals surface area contributed by atoms with Crippen LogP contribution in [0.3, 0.4) is 0 Å². The Hall–Kier alpha value is -2.41. The normalized spacial score (nSPS) is 11.8. The van der Waals surface area contributed by atoms with Crippen molar-refractivity contribution < 1.29 is 9.59 Å². The lowest BCUT2D eigenvalue weighted by atomic mass is 10.1. The van der Waals surface area contributed by atoms with Crippen LogP contribution < -0.4 is 10.9 Å². The van der Waals surface area contributed by atoms with Crippen molar-refractivity contribution in [2.75, 3.05) is 5.32 Å². The Morgan fingerprint density at radius 3 is 2.68 bits per heavy atom. The molecule has 1 heterocycles. The number of hydrogen-bond acceptors (Lipinski definition) is 5. The molecule has 0 aliphatic rings. The Labute approximate surface area is 150 Å². The number of aromatic nitrogens is 2. The standard InChI is InChI=1S/C18H21N3O3S/c1-4-13-10-16(23)21-18(20-13)25-15(5-2)17(24)19-14-8-6-7-12(9-14)11(3)22/h6-10,15H,4-5H2,1-3H3,(H,19,24)(H,20,21,23). The zero-order chi connectivity index (χ0) is 18.4. The minimum Gasteiger partial charge on any atom is -0.325 e. The second kappa shape index (κ2) is 8.62. The smallest absolute Gasteiger partial charge is 0.251 e. The SMILES string of the molecule is CCc1cc(=O)[nH]c(SC(CC)C(=O)Nc2cccc(C(C)=O)c2)n1. The van der Waals surface area contributed by atoms with E-state index in [1.807, 2.05) is 13.8 Å². The number of carbonyl (C=O) groups excluding carboxylic acids is 2. The van der Waals surface area contributed by atoms with Gasteiger partial charge in [0.05, 0.1) is 5.25 Å². The number of anilines is 1. The summed E-state index contributed by atoms with van der Waals surface area (Å²) in [7, 11) is 0. The number of aryl methyl sites for hydroxylation is 1. The van der Waals surface area contributed by atoms with Crippen molar-refractivity contribution >= 4 is 29.1 Å². The fourth-order valence-corrected chi connectivity index (χ4v) is 3.15. The van der Waals surface area contributed by atoms with Gasteiger partial charge in [0.1, 0.15) is 0 Å². The van der Waals surface area contributed by atoms with Crippen LogP contribution in [0.1, 0.15) is 43.2 Å². The molecule has 0 spiro atoms. The second-order valence-corrected chi connectivity index (χ2v) is 6.73. The fourth-order valence-electron chi connectivity index (χ4n) is 2.22. The third-order valence-corrected chi connectivity index (χ3v) is 4.84. The number of ketones is 1. The predicted molar refractivity (Wildman–Crippen MR) is 99.2 cm³/mol. The summed E-state index contributed by atoms with van der Waals surface area (Å²) in [5, 5.41) is 2.85. The number of carbonyl (C=O) groups is 2. The van der Waals surface area contributed by atoms with Crippen molar-refractivity contribution in [3.8, 4) is 0 Å². The topological polar surface area (TPSA) is 91.9 Å². The second-order valence-electron chi connectivity index (χ2n) is 5.54. The Balaban J connectivity index is 2.13. The first-order valence-corrected chi connectivity index (χ1v) is 8.99. The van der Waals surface area contributed by atoms with E-state index >= 15 is 0 Å². The maximum absolute atomic E-state index is 12.5. The van der Waals surface area contributed by atoms with Crippen LogP contribution >= 0.6 is 11.8 Å². The third kappa shape index (κ3) is 5.29. The van der Waals surface area contributed by atoms with Crippen molar-refractivity contribution in [1.82, 2.24) is 9.97 Å². The molecular weight excluding hydrogens is 338 g/mol. The van der Waals surface area contributed by atoms with Crippen molar-refractivity contribution in [2.24, 2.45) is 0 Å². The van der Waals surface area contributed by atoms with Crippen molar-refractivity contribution in [3.05, 3.63) is 51.9 Å². The molecular formula is C18H21N3O3S. The van der Waals surface area contributed by atoms with Gasteiger partial charge in [0.2, 0.25) is 5.91 Å². The van der Waals surface area contributed by atoms with Crippen LogP contribution in [0.2, 0.25) is 0 Å². The van der Waals surface area contributed by atoms with Gasteiger partial charge < -0.3 is 10.3 Å². The molecule has 1 amide bonds. The molecule has 0 saturated heterocycles. The maximum Gasteiger partial charge on any atom is 0.251 e. The zero-order valence-corrected chi connectivity index (χ0v) is 15.3. The molecule has 0 radical (unpaired) electrons. The van der Waals surface area contributed by atoms with Crippen LogP contribution in [0.5, 0.6) is 0 Å². The number of rotatable bonds is 7. The van der Waals surface area contributed by atoms with E-state index in [0.29, 0.717) is 34.9 Å². The lowest BCUT2D eigenvalue weighted by Gasteiger charge is -2.14. The first-order valence-electron chi connectivity index (χ1n) is 8.11. The van der Waals surface area contributed by atoms with Gasteiger partial charge in [-0.2, -0.15) is 0 Å². The molecule has 1 aromatic heterocycles. The van der Waals surface area contributed by atoms with Crippen LogP contribution in [0, 0.1) is 0 Å². The first kappa shape index (κ1) is 18.9. The summed E-state index contributed by atoms with van der Waals surface area (Å²) in [6.45, 7) is 5.29. The van der Waals surface area contributed by atoms with Crippen LogP contribution in [0.15, 0.2) is 40.3 Å². The van der Waals surface area contributed by atoms with Crippen LogP contribution in [-0.2, 0) is 11.2 Å². The molecule has 1 unspecified atom stereocenters. The van der Waals surface area contributed by atoms with Crippen LogP contribution in [-0.4, -0.2) is 26.9 Å². The molecule has 2 aromatic rings. The number of amides is 1. The Morgan fingerprint density at radius 1 is 1.28 bits per heavy atom. The van der Waals surface area contributed by atoms with Crippen molar-refractivity contribution in [2.45, 2.75) is 44.0 Å². The average molecular weight is 359 g/mol. The van der Waals surface area contributed by atoms with Gasteiger partial charge in [0.25, 0.3) is 5.56 Å². The van der Waals surface area contributed by atoms with Gasteiger partial charge in [-0.25, -0.2) is 4.98 Å². The van der Waals surface area contributed by atoms with Gasteiger partial charge >= 0.3 is 0 Å². The molecule has 0 saturated carbocycles. The van der Waals surface area contributed by atoms with E-state index in [-0.39, 0.29) is 17.2 Å². The highest BCUT2D eigenvalue weighted by Crippen LogP contribution is 2.23. The number of nitrogens with zero attached hydrogens (tertiary/aromatic N) is 1. The lowest BCUT2D eigenvalue weighted by molar-refractivity contribution is -0.115. The minimum atomic E-state index is -0.406. The molecule has 0 aliphatic carbocycles. The molecule has 2 rings (SSSR count). The Kier molecular flexibility index (Phi) is 6.52. The van der Waals surface area contributed by atoms with Crippen molar-refractivity contribution in [3.63, 3.8) is 0 Å². The maximum atomic E-state index is 12.5. The summed E-state index contributed by atoms with van der Waals surface area (Å²) in [4.78, 5) is 42.7. The average Bonchev–Trinajstić information content (AvgIpc) is 2.59. The molecule has 25 heavy (non-hydrogen) atoms. The van der Waals surface area contributed by atoms with Gasteiger partial charge in [0, 0.05) is 23.0 Å². The summed E-state index contributed by atoms with van der Waals surface area (Å²) >= 11 is 1.22. The number of nitrogens with one attached hydrogen (secondary N) is 2. The third-order valence-electron chi connectivity index (χ3n) is 3.59. The quantitative estimate of drug-likeness (QED) is 0.450. The summed E-state index contributed by atoms with van der Waals surface area (Å²) in [5.41, 5.74) is 1.58. The minimum absolute atomic E-state index is 0.0596. The number of H-pyrrole nitrogens is 1. The summed E-state index contributed by atoms with van der Waals surface area (Å²) in [6.07, 6.45) is 1.22. The molecule has 6 nitrogen and oxygen atoms in total. The number of benzene rings is 1. The molecule has 132 valence electrons. The van der Waals surface area contributed by atoms with Gasteiger partial charge in [-0.15, -0.1) is 0 Å². The molecule has 0 bridgehead atoms. The highest BCUT2D eigenvalue weighted by atomic mass is 32.2. The molecule has 0 fully saturated rings. The summed E-state index contributed by atoms with van der Waals surface area (Å²) in [5.74, 6) is -0.256. The van der Waals surface area contributed by atoms with Gasteiger partial charge in [-0.05, 0) is 31.9 Å².